The number of hydrogen-bond acceptors (Lipinski definition) is 3. The molecule has 0 aliphatic carbocycles. The molecule has 6 heteroatoms. The second kappa shape index (κ2) is 8.24. The molecule has 1 aliphatic heterocycles. The highest BCUT2D eigenvalue weighted by atomic mass is 79.9. The van der Waals surface area contributed by atoms with E-state index in [1.54, 1.807) is 11.3 Å². The van der Waals surface area contributed by atoms with Crippen molar-refractivity contribution in [1.82, 2.24) is 4.90 Å². The lowest BCUT2D eigenvalue weighted by atomic mass is 10.2. The van der Waals surface area contributed by atoms with Gasteiger partial charge in [0.25, 0.3) is 0 Å². The molecular formula is C17H19BrN2OS2. The van der Waals surface area contributed by atoms with Crippen LogP contribution in [0.4, 0.5) is 5.69 Å². The van der Waals surface area contributed by atoms with E-state index in [0.29, 0.717) is 0 Å². The van der Waals surface area contributed by atoms with Crippen LogP contribution in [0.25, 0.3) is 0 Å². The molecule has 2 aromatic rings. The van der Waals surface area contributed by atoms with E-state index in [4.69, 9.17) is 17.0 Å². The maximum Gasteiger partial charge on any atom is 0.173 e. The lowest BCUT2D eigenvalue weighted by Crippen LogP contribution is -2.39. The predicted octanol–water partition coefficient (Wildman–Crippen LogP) is 4.89. The van der Waals surface area contributed by atoms with Crippen LogP contribution in [0.5, 0.6) is 0 Å². The summed E-state index contributed by atoms with van der Waals surface area (Å²) < 4.78 is 6.85. The Morgan fingerprint density at radius 1 is 1.35 bits per heavy atom. The number of rotatable bonds is 5. The van der Waals surface area contributed by atoms with Crippen molar-refractivity contribution >= 4 is 50.3 Å². The maximum atomic E-state index is 5.79. The first kappa shape index (κ1) is 16.9. The third-order valence-corrected chi connectivity index (χ3v) is 5.51. The molecule has 3 rings (SSSR count). The molecule has 1 atom stereocenters. The monoisotopic (exact) mass is 410 g/mol. The van der Waals surface area contributed by atoms with Gasteiger partial charge < -0.3 is 15.0 Å². The molecule has 1 saturated heterocycles. The van der Waals surface area contributed by atoms with Crippen molar-refractivity contribution in [2.75, 3.05) is 18.5 Å². The zero-order chi connectivity index (χ0) is 16.1. The van der Waals surface area contributed by atoms with Crippen molar-refractivity contribution < 1.29 is 4.74 Å². The summed E-state index contributed by atoms with van der Waals surface area (Å²) in [4.78, 5) is 3.52. The first-order chi connectivity index (χ1) is 11.2. The molecule has 0 saturated carbocycles. The standard InChI is InChI=1S/C17H19BrN2OS2/c18-13-5-7-14(8-6-13)19-17(22)20(11-15-3-1-9-21-15)12-16-4-2-10-23-16/h2,4-8,10,15H,1,3,9,11-12H2,(H,19,22). The van der Waals surface area contributed by atoms with E-state index in [1.807, 2.05) is 24.3 Å². The molecule has 1 fully saturated rings. The minimum atomic E-state index is 0.277. The number of ether oxygens (including phenoxy) is 1. The number of hydrogen-bond donors (Lipinski definition) is 1. The van der Waals surface area contributed by atoms with Crippen LogP contribution in [0, 0.1) is 0 Å². The normalized spacial score (nSPS) is 17.2. The largest absolute Gasteiger partial charge is 0.376 e. The van der Waals surface area contributed by atoms with E-state index in [-0.39, 0.29) is 6.10 Å². The van der Waals surface area contributed by atoms with Crippen LogP contribution >= 0.6 is 39.5 Å². The molecule has 1 N–H and O–H groups in total. The molecule has 0 spiro atoms. The van der Waals surface area contributed by atoms with Gasteiger partial charge in [-0.15, -0.1) is 11.3 Å². The smallest absolute Gasteiger partial charge is 0.173 e. The van der Waals surface area contributed by atoms with Gasteiger partial charge in [-0.05, 0) is 60.8 Å². The number of nitrogens with one attached hydrogen (secondary N) is 1. The molecule has 122 valence electrons. The molecule has 1 unspecified atom stereocenters. The van der Waals surface area contributed by atoms with Gasteiger partial charge >= 0.3 is 0 Å². The van der Waals surface area contributed by atoms with Crippen molar-refractivity contribution in [3.63, 3.8) is 0 Å². The Morgan fingerprint density at radius 2 is 2.17 bits per heavy atom. The number of thiophene rings is 1. The van der Waals surface area contributed by atoms with Gasteiger partial charge in [-0.1, -0.05) is 22.0 Å². The minimum Gasteiger partial charge on any atom is -0.376 e. The summed E-state index contributed by atoms with van der Waals surface area (Å²) in [6.07, 6.45) is 2.53. The zero-order valence-electron chi connectivity index (χ0n) is 12.7. The molecule has 1 aliphatic rings. The number of thiocarbonyl (C=S) groups is 1. The summed E-state index contributed by atoms with van der Waals surface area (Å²) in [5.41, 5.74) is 1.00. The van der Waals surface area contributed by atoms with E-state index in [2.05, 4.69) is 43.7 Å². The second-order valence-corrected chi connectivity index (χ2v) is 7.87. The number of halogens is 1. The predicted molar refractivity (Wildman–Crippen MR) is 104 cm³/mol. The Kier molecular flexibility index (Phi) is 6.05. The van der Waals surface area contributed by atoms with Crippen LogP contribution in [-0.4, -0.2) is 29.3 Å². The summed E-state index contributed by atoms with van der Waals surface area (Å²) in [7, 11) is 0. The molecule has 0 bridgehead atoms. The van der Waals surface area contributed by atoms with E-state index < -0.39 is 0 Å². The van der Waals surface area contributed by atoms with Gasteiger partial charge in [0, 0.05) is 28.2 Å². The zero-order valence-corrected chi connectivity index (χ0v) is 15.9. The molecular weight excluding hydrogens is 392 g/mol. The average Bonchev–Trinajstić information content (AvgIpc) is 3.22. The van der Waals surface area contributed by atoms with Gasteiger partial charge in [0.15, 0.2) is 5.11 Å². The summed E-state index contributed by atoms with van der Waals surface area (Å²) >= 11 is 10.9. The maximum absolute atomic E-state index is 5.79. The fraction of sp³-hybridized carbons (Fsp3) is 0.353. The lowest BCUT2D eigenvalue weighted by molar-refractivity contribution is 0.0907. The third kappa shape index (κ3) is 5.01. The van der Waals surface area contributed by atoms with Crippen molar-refractivity contribution in [1.29, 1.82) is 0 Å². The number of benzene rings is 1. The topological polar surface area (TPSA) is 24.5 Å². The summed E-state index contributed by atoms with van der Waals surface area (Å²) in [5, 5.41) is 6.19. The Hall–Kier alpha value is -0.950. The van der Waals surface area contributed by atoms with E-state index in [0.717, 1.165) is 47.8 Å². The molecule has 2 heterocycles. The van der Waals surface area contributed by atoms with Crippen LogP contribution in [0.15, 0.2) is 46.3 Å². The summed E-state index contributed by atoms with van der Waals surface area (Å²) in [6.45, 7) is 2.52. The van der Waals surface area contributed by atoms with Crippen molar-refractivity contribution in [3.05, 3.63) is 51.1 Å². The highest BCUT2D eigenvalue weighted by molar-refractivity contribution is 9.10. The lowest BCUT2D eigenvalue weighted by Gasteiger charge is -2.28. The van der Waals surface area contributed by atoms with Gasteiger partial charge in [0.2, 0.25) is 0 Å². The van der Waals surface area contributed by atoms with Crippen molar-refractivity contribution in [2.45, 2.75) is 25.5 Å². The molecule has 3 nitrogen and oxygen atoms in total. The first-order valence-electron chi connectivity index (χ1n) is 7.66. The highest BCUT2D eigenvalue weighted by Gasteiger charge is 2.21. The quantitative estimate of drug-likeness (QED) is 0.709. The van der Waals surface area contributed by atoms with Crippen LogP contribution in [0.1, 0.15) is 17.7 Å². The van der Waals surface area contributed by atoms with Crippen LogP contribution in [-0.2, 0) is 11.3 Å². The fourth-order valence-electron chi connectivity index (χ4n) is 2.58. The van der Waals surface area contributed by atoms with Crippen LogP contribution < -0.4 is 5.32 Å². The Bertz CT molecular complexity index is 625. The molecule has 0 radical (unpaired) electrons. The van der Waals surface area contributed by atoms with E-state index >= 15 is 0 Å². The Labute approximate surface area is 154 Å². The van der Waals surface area contributed by atoms with E-state index in [1.165, 1.54) is 4.88 Å². The van der Waals surface area contributed by atoms with Gasteiger partial charge in [0.1, 0.15) is 0 Å². The number of anilines is 1. The minimum absolute atomic E-state index is 0.277. The molecule has 1 aromatic carbocycles. The van der Waals surface area contributed by atoms with Gasteiger partial charge in [-0.3, -0.25) is 0 Å². The fourth-order valence-corrected chi connectivity index (χ4v) is 3.82. The Morgan fingerprint density at radius 3 is 2.83 bits per heavy atom. The van der Waals surface area contributed by atoms with Crippen LogP contribution in [0.3, 0.4) is 0 Å². The third-order valence-electron chi connectivity index (χ3n) is 3.76. The second-order valence-electron chi connectivity index (χ2n) is 5.53. The van der Waals surface area contributed by atoms with Crippen LogP contribution in [0.2, 0.25) is 0 Å². The van der Waals surface area contributed by atoms with Crippen molar-refractivity contribution in [3.8, 4) is 0 Å². The van der Waals surface area contributed by atoms with Gasteiger partial charge in [-0.2, -0.15) is 0 Å². The first-order valence-corrected chi connectivity index (χ1v) is 9.74. The molecule has 23 heavy (non-hydrogen) atoms. The SMILES string of the molecule is S=C(Nc1ccc(Br)cc1)N(Cc1cccs1)CC1CCCO1. The highest BCUT2D eigenvalue weighted by Crippen LogP contribution is 2.19. The van der Waals surface area contributed by atoms with Gasteiger partial charge in [0.05, 0.1) is 12.6 Å². The molecule has 0 amide bonds. The average molecular weight is 411 g/mol. The van der Waals surface area contributed by atoms with E-state index in [9.17, 15) is 0 Å². The number of nitrogens with zero attached hydrogens (tertiary/aromatic N) is 1. The summed E-state index contributed by atoms with van der Waals surface area (Å²) in [6, 6.07) is 12.3. The van der Waals surface area contributed by atoms with Gasteiger partial charge in [-0.25, -0.2) is 0 Å². The van der Waals surface area contributed by atoms with Crippen molar-refractivity contribution in [2.24, 2.45) is 0 Å². The summed E-state index contributed by atoms with van der Waals surface area (Å²) in [5.74, 6) is 0. The Balaban J connectivity index is 1.67. The molecule has 1 aromatic heterocycles.